The van der Waals surface area contributed by atoms with Crippen LogP contribution < -0.4 is 16.6 Å². The van der Waals surface area contributed by atoms with Gasteiger partial charge in [-0.05, 0) is 12.8 Å². The molecule has 1 fully saturated rings. The summed E-state index contributed by atoms with van der Waals surface area (Å²) in [5.74, 6) is 0.480. The molecule has 0 radical (unpaired) electrons. The highest BCUT2D eigenvalue weighted by atomic mass is 16.5. The molecule has 1 atom stereocenters. The molecule has 1 aliphatic heterocycles. The molecule has 1 unspecified atom stereocenters. The van der Waals surface area contributed by atoms with Crippen molar-refractivity contribution in [2.75, 3.05) is 18.5 Å². The monoisotopic (exact) mass is 279 g/mol. The number of rotatable bonds is 3. The molecule has 0 spiro atoms. The third-order valence-corrected chi connectivity index (χ3v) is 3.62. The van der Waals surface area contributed by atoms with Gasteiger partial charge in [0.2, 0.25) is 5.95 Å². The maximum absolute atomic E-state index is 12.0. The lowest BCUT2D eigenvalue weighted by atomic mass is 10.2. The molecule has 8 nitrogen and oxygen atoms in total. The standard InChI is InChI=1S/C12H17N5O3/c1-16-9-8(10(18)17(2)12(16)19)14-11(15-9)13-6-7-4-3-5-20-7/h7H,3-6H2,1-2H3,(H2,13,14,15). The van der Waals surface area contributed by atoms with E-state index in [9.17, 15) is 9.59 Å². The van der Waals surface area contributed by atoms with Gasteiger partial charge in [0.1, 0.15) is 0 Å². The van der Waals surface area contributed by atoms with Crippen LogP contribution in [0.5, 0.6) is 0 Å². The van der Waals surface area contributed by atoms with Gasteiger partial charge in [-0.2, -0.15) is 4.98 Å². The molecule has 0 aromatic carbocycles. The summed E-state index contributed by atoms with van der Waals surface area (Å²) in [6.45, 7) is 1.43. The van der Waals surface area contributed by atoms with Crippen molar-refractivity contribution < 1.29 is 4.74 Å². The molecule has 0 amide bonds. The molecule has 1 aliphatic rings. The topological polar surface area (TPSA) is 93.9 Å². The van der Waals surface area contributed by atoms with Crippen LogP contribution in [-0.4, -0.2) is 38.4 Å². The summed E-state index contributed by atoms with van der Waals surface area (Å²) in [6.07, 6.45) is 2.27. The van der Waals surface area contributed by atoms with Crippen molar-refractivity contribution in [3.05, 3.63) is 20.8 Å². The van der Waals surface area contributed by atoms with Crippen molar-refractivity contribution in [3.8, 4) is 0 Å². The van der Waals surface area contributed by atoms with Gasteiger partial charge in [-0.1, -0.05) is 0 Å². The first-order valence-electron chi connectivity index (χ1n) is 6.59. The smallest absolute Gasteiger partial charge is 0.332 e. The van der Waals surface area contributed by atoms with Crippen molar-refractivity contribution in [1.82, 2.24) is 19.1 Å². The van der Waals surface area contributed by atoms with Crippen LogP contribution in [-0.2, 0) is 18.8 Å². The van der Waals surface area contributed by atoms with Crippen molar-refractivity contribution in [2.45, 2.75) is 18.9 Å². The molecule has 20 heavy (non-hydrogen) atoms. The molecular formula is C12H17N5O3. The summed E-state index contributed by atoms with van der Waals surface area (Å²) in [6, 6.07) is 0. The number of imidazole rings is 1. The first-order valence-corrected chi connectivity index (χ1v) is 6.59. The van der Waals surface area contributed by atoms with Gasteiger partial charge in [0, 0.05) is 27.2 Å². The van der Waals surface area contributed by atoms with E-state index < -0.39 is 0 Å². The zero-order valence-corrected chi connectivity index (χ0v) is 11.5. The van der Waals surface area contributed by atoms with E-state index in [4.69, 9.17) is 4.74 Å². The summed E-state index contributed by atoms with van der Waals surface area (Å²) < 4.78 is 7.92. The molecule has 2 N–H and O–H groups in total. The number of aromatic nitrogens is 4. The minimum atomic E-state index is -0.389. The van der Waals surface area contributed by atoms with E-state index in [1.54, 1.807) is 7.05 Å². The fourth-order valence-corrected chi connectivity index (χ4v) is 2.43. The number of H-pyrrole nitrogens is 1. The van der Waals surface area contributed by atoms with Crippen LogP contribution in [0.15, 0.2) is 9.59 Å². The minimum Gasteiger partial charge on any atom is -0.376 e. The number of nitrogens with one attached hydrogen (secondary N) is 2. The lowest BCUT2D eigenvalue weighted by molar-refractivity contribution is 0.120. The second kappa shape index (κ2) is 4.78. The maximum Gasteiger partial charge on any atom is 0.332 e. The van der Waals surface area contributed by atoms with E-state index in [1.165, 1.54) is 11.6 Å². The summed E-state index contributed by atoms with van der Waals surface area (Å²) in [4.78, 5) is 31.0. The summed E-state index contributed by atoms with van der Waals surface area (Å²) >= 11 is 0. The van der Waals surface area contributed by atoms with E-state index in [1.807, 2.05) is 0 Å². The first kappa shape index (κ1) is 12.9. The average molecular weight is 279 g/mol. The van der Waals surface area contributed by atoms with Gasteiger partial charge in [-0.3, -0.25) is 13.9 Å². The second-order valence-electron chi connectivity index (χ2n) is 5.01. The number of fused-ring (bicyclic) bond motifs is 1. The fraction of sp³-hybridized carbons (Fsp3) is 0.583. The quantitative estimate of drug-likeness (QED) is 0.793. The summed E-state index contributed by atoms with van der Waals surface area (Å²) in [5.41, 5.74) is -0.0853. The number of aryl methyl sites for hydroxylation is 1. The van der Waals surface area contributed by atoms with Crippen LogP contribution in [0.25, 0.3) is 11.2 Å². The predicted octanol–water partition coefficient (Wildman–Crippen LogP) is -0.449. The maximum atomic E-state index is 12.0. The highest BCUT2D eigenvalue weighted by molar-refractivity contribution is 5.72. The molecule has 1 saturated heterocycles. The van der Waals surface area contributed by atoms with E-state index in [-0.39, 0.29) is 17.4 Å². The molecular weight excluding hydrogens is 262 g/mol. The van der Waals surface area contributed by atoms with Gasteiger partial charge in [0.25, 0.3) is 5.56 Å². The Morgan fingerprint density at radius 1 is 1.40 bits per heavy atom. The van der Waals surface area contributed by atoms with Gasteiger partial charge in [-0.15, -0.1) is 0 Å². The fourth-order valence-electron chi connectivity index (χ4n) is 2.43. The molecule has 0 aliphatic carbocycles. The lowest BCUT2D eigenvalue weighted by Crippen LogP contribution is -2.36. The molecule has 2 aromatic heterocycles. The van der Waals surface area contributed by atoms with E-state index in [0.717, 1.165) is 24.0 Å². The van der Waals surface area contributed by atoms with Crippen molar-refractivity contribution >= 4 is 17.1 Å². The van der Waals surface area contributed by atoms with E-state index in [0.29, 0.717) is 23.7 Å². The number of ether oxygens (including phenoxy) is 1. The van der Waals surface area contributed by atoms with Crippen LogP contribution in [0.2, 0.25) is 0 Å². The van der Waals surface area contributed by atoms with Gasteiger partial charge >= 0.3 is 5.69 Å². The Morgan fingerprint density at radius 3 is 2.90 bits per heavy atom. The molecule has 108 valence electrons. The van der Waals surface area contributed by atoms with Gasteiger partial charge < -0.3 is 15.0 Å². The molecule has 3 rings (SSSR count). The first-order chi connectivity index (χ1) is 9.58. The summed E-state index contributed by atoms with van der Waals surface area (Å²) in [7, 11) is 3.04. The van der Waals surface area contributed by atoms with E-state index in [2.05, 4.69) is 15.3 Å². The Morgan fingerprint density at radius 2 is 2.20 bits per heavy atom. The zero-order valence-electron chi connectivity index (χ0n) is 11.5. The van der Waals surface area contributed by atoms with Crippen LogP contribution >= 0.6 is 0 Å². The molecule has 2 aromatic rings. The van der Waals surface area contributed by atoms with Crippen LogP contribution in [0.3, 0.4) is 0 Å². The second-order valence-corrected chi connectivity index (χ2v) is 5.01. The normalized spacial score (nSPS) is 18.8. The SMILES string of the molecule is Cn1c(=O)c2[nH]c(NCC3CCCO3)nc2n(C)c1=O. The Balaban J connectivity index is 1.94. The van der Waals surface area contributed by atoms with Crippen molar-refractivity contribution in [2.24, 2.45) is 14.1 Å². The number of aromatic amines is 1. The van der Waals surface area contributed by atoms with Crippen molar-refractivity contribution in [3.63, 3.8) is 0 Å². The molecule has 3 heterocycles. The Hall–Kier alpha value is -2.09. The Labute approximate surface area is 114 Å². The van der Waals surface area contributed by atoms with Gasteiger partial charge in [-0.25, -0.2) is 4.79 Å². The zero-order chi connectivity index (χ0) is 14.3. The number of nitrogens with zero attached hydrogens (tertiary/aromatic N) is 3. The van der Waals surface area contributed by atoms with Crippen LogP contribution in [0.4, 0.5) is 5.95 Å². The van der Waals surface area contributed by atoms with Gasteiger partial charge in [0.15, 0.2) is 11.2 Å². The number of hydrogen-bond donors (Lipinski definition) is 2. The molecule has 0 bridgehead atoms. The highest BCUT2D eigenvalue weighted by Crippen LogP contribution is 2.13. The third-order valence-electron chi connectivity index (χ3n) is 3.62. The highest BCUT2D eigenvalue weighted by Gasteiger charge is 2.17. The number of hydrogen-bond acceptors (Lipinski definition) is 5. The van der Waals surface area contributed by atoms with Crippen molar-refractivity contribution in [1.29, 1.82) is 0 Å². The lowest BCUT2D eigenvalue weighted by Gasteiger charge is -2.08. The van der Waals surface area contributed by atoms with Crippen LogP contribution in [0, 0.1) is 0 Å². The molecule has 0 saturated carbocycles. The summed E-state index contributed by atoms with van der Waals surface area (Å²) in [5, 5.41) is 3.11. The average Bonchev–Trinajstić information content (AvgIpc) is 3.09. The Kier molecular flexibility index (Phi) is 3.09. The van der Waals surface area contributed by atoms with Gasteiger partial charge in [0.05, 0.1) is 6.10 Å². The Bertz CT molecular complexity index is 751. The minimum absolute atomic E-state index is 0.176. The van der Waals surface area contributed by atoms with E-state index >= 15 is 0 Å². The largest absolute Gasteiger partial charge is 0.376 e. The van der Waals surface area contributed by atoms with Crippen LogP contribution in [0.1, 0.15) is 12.8 Å². The molecule has 8 heteroatoms. The predicted molar refractivity (Wildman–Crippen MR) is 74.0 cm³/mol. The third kappa shape index (κ3) is 2.01. The number of anilines is 1.